The molecule has 0 spiro atoms. The number of rotatable bonds is 7. The van der Waals surface area contributed by atoms with Crippen LogP contribution in [0.15, 0.2) is 35.8 Å². The Morgan fingerprint density at radius 1 is 1.40 bits per heavy atom. The maximum Gasteiger partial charge on any atom is 0.191 e. The van der Waals surface area contributed by atoms with Crippen LogP contribution in [0.4, 0.5) is 0 Å². The van der Waals surface area contributed by atoms with E-state index in [-0.39, 0.29) is 0 Å². The molecule has 5 heteroatoms. The van der Waals surface area contributed by atoms with Crippen LogP contribution in [0.3, 0.4) is 0 Å². The normalized spacial score (nSPS) is 11.1. The quantitative estimate of drug-likeness (QED) is 0.462. The minimum absolute atomic E-state index is 0.527. The van der Waals surface area contributed by atoms with Gasteiger partial charge in [0.1, 0.15) is 5.75 Å². The molecule has 0 bridgehead atoms. The molecule has 0 aliphatic rings. The third-order valence-electron chi connectivity index (χ3n) is 2.49. The van der Waals surface area contributed by atoms with Gasteiger partial charge in [0, 0.05) is 23.7 Å². The van der Waals surface area contributed by atoms with Gasteiger partial charge in [-0.2, -0.15) is 0 Å². The second-order valence-corrected chi connectivity index (χ2v) is 4.49. The minimum atomic E-state index is 0.527. The van der Waals surface area contributed by atoms with E-state index in [2.05, 4.69) is 22.2 Å². The zero-order valence-electron chi connectivity index (χ0n) is 12.1. The number of nitrogens with one attached hydrogen (secondary N) is 2. The molecule has 1 aromatic carbocycles. The fraction of sp³-hybridized carbons (Fsp3) is 0.400. The van der Waals surface area contributed by atoms with Crippen molar-refractivity contribution in [3.8, 4) is 5.75 Å². The molecule has 0 saturated carbocycles. The first-order valence-corrected chi connectivity index (χ1v) is 7.13. The lowest BCUT2D eigenvalue weighted by atomic mass is 10.2. The van der Waals surface area contributed by atoms with E-state index in [0.29, 0.717) is 24.7 Å². The first-order chi connectivity index (χ1) is 9.71. The van der Waals surface area contributed by atoms with Crippen molar-refractivity contribution in [1.82, 2.24) is 10.6 Å². The number of hydrogen-bond donors (Lipinski definition) is 2. The third kappa shape index (κ3) is 5.53. The second kappa shape index (κ2) is 9.26. The Balaban J connectivity index is 2.81. The molecule has 0 fully saturated rings. The Labute approximate surface area is 125 Å². The Morgan fingerprint density at radius 3 is 2.85 bits per heavy atom. The Kier molecular flexibility index (Phi) is 7.58. The smallest absolute Gasteiger partial charge is 0.191 e. The van der Waals surface area contributed by atoms with Gasteiger partial charge in [0.15, 0.2) is 5.96 Å². The fourth-order valence-corrected chi connectivity index (χ4v) is 1.79. The number of guanidine groups is 1. The van der Waals surface area contributed by atoms with Crippen molar-refractivity contribution in [2.75, 3.05) is 19.7 Å². The van der Waals surface area contributed by atoms with Gasteiger partial charge in [0.05, 0.1) is 13.2 Å². The molecule has 0 heterocycles. The highest BCUT2D eigenvalue weighted by atomic mass is 35.5. The van der Waals surface area contributed by atoms with Crippen molar-refractivity contribution < 1.29 is 4.74 Å². The predicted molar refractivity (Wildman–Crippen MR) is 85.6 cm³/mol. The molecule has 0 atom stereocenters. The molecule has 4 nitrogen and oxygen atoms in total. The van der Waals surface area contributed by atoms with Crippen LogP contribution < -0.4 is 15.4 Å². The summed E-state index contributed by atoms with van der Waals surface area (Å²) in [5, 5.41) is 7.00. The number of halogens is 1. The van der Waals surface area contributed by atoms with Gasteiger partial charge in [-0.3, -0.25) is 0 Å². The Hall–Kier alpha value is -1.68. The maximum absolute atomic E-state index is 5.98. The summed E-state index contributed by atoms with van der Waals surface area (Å²) in [7, 11) is 0. The number of nitrogens with zero attached hydrogens (tertiary/aromatic N) is 1. The maximum atomic E-state index is 5.98. The highest BCUT2D eigenvalue weighted by Gasteiger charge is 2.04. The van der Waals surface area contributed by atoms with Gasteiger partial charge >= 0.3 is 0 Å². The van der Waals surface area contributed by atoms with Crippen LogP contribution in [0, 0.1) is 0 Å². The number of ether oxygens (including phenoxy) is 1. The highest BCUT2D eigenvalue weighted by Crippen LogP contribution is 2.24. The summed E-state index contributed by atoms with van der Waals surface area (Å²) in [6.07, 6.45) is 1.79. The molecular formula is C15H22ClN3O. The average Bonchev–Trinajstić information content (AvgIpc) is 2.44. The first-order valence-electron chi connectivity index (χ1n) is 6.75. The highest BCUT2D eigenvalue weighted by molar-refractivity contribution is 6.30. The van der Waals surface area contributed by atoms with Gasteiger partial charge < -0.3 is 15.4 Å². The molecule has 0 aliphatic heterocycles. The Bertz CT molecular complexity index is 460. The lowest BCUT2D eigenvalue weighted by molar-refractivity contribution is 0.336. The molecule has 1 aromatic rings. The molecule has 110 valence electrons. The summed E-state index contributed by atoms with van der Waals surface area (Å²) >= 11 is 5.98. The van der Waals surface area contributed by atoms with Gasteiger partial charge in [-0.1, -0.05) is 23.7 Å². The van der Waals surface area contributed by atoms with Crippen molar-refractivity contribution in [2.24, 2.45) is 4.99 Å². The average molecular weight is 296 g/mol. The van der Waals surface area contributed by atoms with Gasteiger partial charge in [-0.25, -0.2) is 4.99 Å². The SMILES string of the molecule is C=CCNC(=NCc1ccc(Cl)cc1OCC)NCC. The molecule has 2 N–H and O–H groups in total. The molecule has 0 aromatic heterocycles. The third-order valence-corrected chi connectivity index (χ3v) is 2.73. The van der Waals surface area contributed by atoms with Crippen molar-refractivity contribution in [2.45, 2.75) is 20.4 Å². The minimum Gasteiger partial charge on any atom is -0.493 e. The van der Waals surface area contributed by atoms with Crippen LogP contribution in [0.5, 0.6) is 5.75 Å². The standard InChI is InChI=1S/C15H22ClN3O/c1-4-9-18-15(17-5-2)19-11-12-7-8-13(16)10-14(12)20-6-3/h4,7-8,10H,1,5-6,9,11H2,2-3H3,(H2,17,18,19). The monoisotopic (exact) mass is 295 g/mol. The molecule has 1 rings (SSSR count). The number of hydrogen-bond acceptors (Lipinski definition) is 2. The molecule has 0 unspecified atom stereocenters. The van der Waals surface area contributed by atoms with Gasteiger partial charge in [-0.05, 0) is 26.0 Å². The lowest BCUT2D eigenvalue weighted by Gasteiger charge is -2.12. The van der Waals surface area contributed by atoms with E-state index in [1.54, 1.807) is 6.08 Å². The fourth-order valence-electron chi connectivity index (χ4n) is 1.62. The molecule has 0 aliphatic carbocycles. The van der Waals surface area contributed by atoms with Crippen LogP contribution >= 0.6 is 11.6 Å². The van der Waals surface area contributed by atoms with Crippen molar-refractivity contribution >= 4 is 17.6 Å². The number of benzene rings is 1. The topological polar surface area (TPSA) is 45.7 Å². The second-order valence-electron chi connectivity index (χ2n) is 4.05. The van der Waals surface area contributed by atoms with E-state index >= 15 is 0 Å². The van der Waals surface area contributed by atoms with Crippen molar-refractivity contribution in [1.29, 1.82) is 0 Å². The predicted octanol–water partition coefficient (Wildman–Crippen LogP) is 2.98. The van der Waals surface area contributed by atoms with Crippen LogP contribution in [-0.4, -0.2) is 25.7 Å². The van der Waals surface area contributed by atoms with Gasteiger partial charge in [-0.15, -0.1) is 6.58 Å². The van der Waals surface area contributed by atoms with E-state index in [4.69, 9.17) is 16.3 Å². The summed E-state index contributed by atoms with van der Waals surface area (Å²) in [6, 6.07) is 5.60. The van der Waals surface area contributed by atoms with Crippen LogP contribution in [0.2, 0.25) is 5.02 Å². The molecular weight excluding hydrogens is 274 g/mol. The summed E-state index contributed by atoms with van der Waals surface area (Å²) in [5.74, 6) is 1.54. The molecule has 0 radical (unpaired) electrons. The van der Waals surface area contributed by atoms with Crippen molar-refractivity contribution in [3.05, 3.63) is 41.4 Å². The largest absolute Gasteiger partial charge is 0.493 e. The van der Waals surface area contributed by atoms with Crippen molar-refractivity contribution in [3.63, 3.8) is 0 Å². The van der Waals surface area contributed by atoms with E-state index in [9.17, 15) is 0 Å². The van der Waals surface area contributed by atoms with E-state index in [1.807, 2.05) is 32.0 Å². The summed E-state index contributed by atoms with van der Waals surface area (Å²) in [6.45, 7) is 10.3. The molecule has 20 heavy (non-hydrogen) atoms. The summed E-state index contributed by atoms with van der Waals surface area (Å²) in [5.41, 5.74) is 1.01. The van der Waals surface area contributed by atoms with Crippen LogP contribution in [-0.2, 0) is 6.54 Å². The van der Waals surface area contributed by atoms with Crippen LogP contribution in [0.1, 0.15) is 19.4 Å². The van der Waals surface area contributed by atoms with Gasteiger partial charge in [0.25, 0.3) is 0 Å². The van der Waals surface area contributed by atoms with Crippen LogP contribution in [0.25, 0.3) is 0 Å². The zero-order chi connectivity index (χ0) is 14.8. The van der Waals surface area contributed by atoms with Gasteiger partial charge in [0.2, 0.25) is 0 Å². The van der Waals surface area contributed by atoms with E-state index < -0.39 is 0 Å². The number of aliphatic imine (C=N–C) groups is 1. The Morgan fingerprint density at radius 2 is 2.20 bits per heavy atom. The van der Waals surface area contributed by atoms with E-state index in [1.165, 1.54) is 0 Å². The zero-order valence-corrected chi connectivity index (χ0v) is 12.8. The molecule has 0 saturated heterocycles. The van der Waals surface area contributed by atoms with E-state index in [0.717, 1.165) is 23.8 Å². The lowest BCUT2D eigenvalue weighted by Crippen LogP contribution is -2.37. The summed E-state index contributed by atoms with van der Waals surface area (Å²) in [4.78, 5) is 4.52. The summed E-state index contributed by atoms with van der Waals surface area (Å²) < 4.78 is 5.58. The molecule has 0 amide bonds. The first kappa shape index (κ1) is 16.4.